The Hall–Kier alpha value is -1.10. The van der Waals surface area contributed by atoms with Gasteiger partial charge in [0.1, 0.15) is 6.10 Å². The van der Waals surface area contributed by atoms with E-state index < -0.39 is 0 Å². The van der Waals surface area contributed by atoms with Crippen molar-refractivity contribution in [1.29, 1.82) is 0 Å². The lowest BCUT2D eigenvalue weighted by Crippen LogP contribution is -2.66. The molecule has 164 valence electrons. The van der Waals surface area contributed by atoms with Crippen molar-refractivity contribution in [1.82, 2.24) is 0 Å². The second-order valence-corrected chi connectivity index (χ2v) is 11.0. The van der Waals surface area contributed by atoms with Crippen molar-refractivity contribution in [3.05, 3.63) is 0 Å². The van der Waals surface area contributed by atoms with Crippen molar-refractivity contribution >= 4 is 11.9 Å². The van der Waals surface area contributed by atoms with Crippen LogP contribution < -0.4 is 5.73 Å². The first-order valence-corrected chi connectivity index (χ1v) is 11.7. The molecule has 29 heavy (non-hydrogen) atoms. The Labute approximate surface area is 175 Å². The molecule has 2 N–H and O–H groups in total. The molecule has 5 heteroatoms. The van der Waals surface area contributed by atoms with Crippen LogP contribution in [0.3, 0.4) is 0 Å². The maximum atomic E-state index is 11.4. The Bertz CT molecular complexity index is 680. The smallest absolute Gasteiger partial charge is 0.302 e. The van der Waals surface area contributed by atoms with E-state index in [0.717, 1.165) is 38.5 Å². The molecule has 0 amide bonds. The molecular formula is C24H39NO4. The van der Waals surface area contributed by atoms with Gasteiger partial charge in [-0.1, -0.05) is 13.8 Å². The maximum Gasteiger partial charge on any atom is 0.302 e. The first kappa shape index (κ1) is 21.1. The van der Waals surface area contributed by atoms with E-state index in [0.29, 0.717) is 35.7 Å². The molecule has 0 spiro atoms. The molecule has 4 aliphatic rings. The molecule has 1 unspecified atom stereocenters. The summed E-state index contributed by atoms with van der Waals surface area (Å²) >= 11 is 0. The van der Waals surface area contributed by atoms with Crippen molar-refractivity contribution in [2.45, 2.75) is 97.1 Å². The van der Waals surface area contributed by atoms with Crippen LogP contribution in [0.1, 0.15) is 85.5 Å². The van der Waals surface area contributed by atoms with Crippen LogP contribution >= 0.6 is 0 Å². The fourth-order valence-electron chi connectivity index (χ4n) is 8.23. The average Bonchev–Trinajstić information content (AvgIpc) is 2.91. The highest BCUT2D eigenvalue weighted by atomic mass is 16.5. The van der Waals surface area contributed by atoms with E-state index in [1.165, 1.54) is 33.1 Å². The van der Waals surface area contributed by atoms with E-state index in [1.54, 1.807) is 0 Å². The Balaban J connectivity index is 1.53. The van der Waals surface area contributed by atoms with E-state index in [2.05, 4.69) is 13.8 Å². The fraction of sp³-hybridized carbons (Fsp3) is 0.917. The standard InChI is InChI=1S/C24H39NO4/c1-15(26)28-14-18-7-12-24(25)21-6-5-17-13-19(29-16(2)27)8-10-22(17,3)20(21)9-11-23(18,24)4/h17-21H,5-14,25H2,1-4H3/t17?,18-,19+,20+,21-,22+,23-,24+/m1/s1. The van der Waals surface area contributed by atoms with Crippen LogP contribution in [-0.4, -0.2) is 30.2 Å². The minimum atomic E-state index is -0.186. The predicted octanol–water partition coefficient (Wildman–Crippen LogP) is 4.22. The van der Waals surface area contributed by atoms with Gasteiger partial charge in [-0.3, -0.25) is 9.59 Å². The Morgan fingerprint density at radius 2 is 1.69 bits per heavy atom. The minimum absolute atomic E-state index is 0.0573. The van der Waals surface area contributed by atoms with Gasteiger partial charge in [0.15, 0.2) is 0 Å². The topological polar surface area (TPSA) is 78.6 Å². The molecule has 4 aliphatic carbocycles. The molecule has 0 aromatic rings. The molecule has 0 aromatic heterocycles. The quantitative estimate of drug-likeness (QED) is 0.711. The summed E-state index contributed by atoms with van der Waals surface area (Å²) in [5, 5.41) is 0. The second kappa shape index (κ2) is 7.25. The molecule has 4 rings (SSSR count). The van der Waals surface area contributed by atoms with Gasteiger partial charge in [0.05, 0.1) is 6.61 Å². The zero-order chi connectivity index (χ0) is 21.0. The van der Waals surface area contributed by atoms with Gasteiger partial charge in [-0.2, -0.15) is 0 Å². The van der Waals surface area contributed by atoms with Gasteiger partial charge in [-0.15, -0.1) is 0 Å². The third-order valence-corrected chi connectivity index (χ3v) is 9.97. The van der Waals surface area contributed by atoms with Crippen LogP contribution in [0.2, 0.25) is 0 Å². The number of carbonyl (C=O) groups excluding carboxylic acids is 2. The van der Waals surface area contributed by atoms with Crippen LogP contribution in [0.25, 0.3) is 0 Å². The number of carbonyl (C=O) groups is 2. The van der Waals surface area contributed by atoms with Gasteiger partial charge in [0, 0.05) is 25.3 Å². The molecule has 0 radical (unpaired) electrons. The van der Waals surface area contributed by atoms with Gasteiger partial charge in [-0.25, -0.2) is 0 Å². The van der Waals surface area contributed by atoms with Crippen molar-refractivity contribution < 1.29 is 19.1 Å². The highest BCUT2D eigenvalue weighted by molar-refractivity contribution is 5.66. The minimum Gasteiger partial charge on any atom is -0.466 e. The lowest BCUT2D eigenvalue weighted by atomic mass is 9.42. The van der Waals surface area contributed by atoms with Crippen LogP contribution in [0.15, 0.2) is 0 Å². The summed E-state index contributed by atoms with van der Waals surface area (Å²) in [7, 11) is 0. The van der Waals surface area contributed by atoms with Crippen LogP contribution in [-0.2, 0) is 19.1 Å². The fourth-order valence-corrected chi connectivity index (χ4v) is 8.23. The Morgan fingerprint density at radius 3 is 2.38 bits per heavy atom. The molecule has 4 fully saturated rings. The zero-order valence-corrected chi connectivity index (χ0v) is 18.7. The van der Waals surface area contributed by atoms with Gasteiger partial charge in [0.2, 0.25) is 0 Å². The summed E-state index contributed by atoms with van der Waals surface area (Å²) in [5.41, 5.74) is 7.53. The number of hydrogen-bond donors (Lipinski definition) is 1. The number of fused-ring (bicyclic) bond motifs is 5. The Morgan fingerprint density at radius 1 is 0.931 bits per heavy atom. The SMILES string of the molecule is CC(=O)OC[C@H]1CC[C@]2(N)[C@@H]3CCC4C[C@@H](OC(C)=O)CC[C@]4(C)[C@H]3CC[C@]12C. The molecule has 0 heterocycles. The van der Waals surface area contributed by atoms with E-state index in [-0.39, 0.29) is 29.0 Å². The number of ether oxygens (including phenoxy) is 2. The van der Waals surface area contributed by atoms with Gasteiger partial charge in [-0.05, 0) is 86.4 Å². The van der Waals surface area contributed by atoms with E-state index in [9.17, 15) is 9.59 Å². The summed E-state index contributed by atoms with van der Waals surface area (Å²) in [4.78, 5) is 22.8. The highest BCUT2D eigenvalue weighted by Gasteiger charge is 2.66. The van der Waals surface area contributed by atoms with Crippen molar-refractivity contribution in [3.8, 4) is 0 Å². The first-order valence-electron chi connectivity index (χ1n) is 11.7. The highest BCUT2D eigenvalue weighted by Crippen LogP contribution is 2.68. The molecule has 8 atom stereocenters. The molecule has 0 saturated heterocycles. The number of rotatable bonds is 3. The number of esters is 2. The van der Waals surface area contributed by atoms with Crippen molar-refractivity contribution in [2.24, 2.45) is 40.2 Å². The summed E-state index contributed by atoms with van der Waals surface area (Å²) < 4.78 is 11.0. The van der Waals surface area contributed by atoms with E-state index in [4.69, 9.17) is 15.2 Å². The van der Waals surface area contributed by atoms with Crippen LogP contribution in [0.5, 0.6) is 0 Å². The van der Waals surface area contributed by atoms with Gasteiger partial charge >= 0.3 is 11.9 Å². The second-order valence-electron chi connectivity index (χ2n) is 11.0. The molecule has 5 nitrogen and oxygen atoms in total. The van der Waals surface area contributed by atoms with Crippen LogP contribution in [0, 0.1) is 34.5 Å². The van der Waals surface area contributed by atoms with Gasteiger partial charge < -0.3 is 15.2 Å². The molecule has 4 saturated carbocycles. The molecule has 0 aromatic carbocycles. The monoisotopic (exact) mass is 405 g/mol. The first-order chi connectivity index (χ1) is 13.6. The summed E-state index contributed by atoms with van der Waals surface area (Å²) in [6.07, 6.45) is 10.1. The molecular weight excluding hydrogens is 366 g/mol. The number of hydrogen-bond acceptors (Lipinski definition) is 5. The van der Waals surface area contributed by atoms with Crippen molar-refractivity contribution in [2.75, 3.05) is 6.61 Å². The van der Waals surface area contributed by atoms with Gasteiger partial charge in [0.25, 0.3) is 0 Å². The van der Waals surface area contributed by atoms with E-state index >= 15 is 0 Å². The summed E-state index contributed by atoms with van der Waals surface area (Å²) in [5.74, 6) is 1.89. The zero-order valence-electron chi connectivity index (χ0n) is 18.7. The third kappa shape index (κ3) is 3.23. The van der Waals surface area contributed by atoms with E-state index in [1.807, 2.05) is 0 Å². The maximum absolute atomic E-state index is 11.4. The number of nitrogens with two attached hydrogens (primary N) is 1. The summed E-state index contributed by atoms with van der Waals surface area (Å²) in [6.45, 7) is 8.41. The predicted molar refractivity (Wildman–Crippen MR) is 111 cm³/mol. The average molecular weight is 406 g/mol. The third-order valence-electron chi connectivity index (χ3n) is 9.97. The lowest BCUT2D eigenvalue weighted by Gasteiger charge is -2.64. The largest absolute Gasteiger partial charge is 0.466 e. The van der Waals surface area contributed by atoms with Crippen molar-refractivity contribution in [3.63, 3.8) is 0 Å². The summed E-state index contributed by atoms with van der Waals surface area (Å²) in [6, 6.07) is 0. The lowest BCUT2D eigenvalue weighted by molar-refractivity contribution is -0.164. The molecule has 0 bridgehead atoms. The normalized spacial score (nSPS) is 48.8. The Kier molecular flexibility index (Phi) is 5.28. The van der Waals surface area contributed by atoms with Crippen LogP contribution in [0.4, 0.5) is 0 Å². The molecule has 0 aliphatic heterocycles.